The number of ether oxygens (including phenoxy) is 1. The van der Waals surface area contributed by atoms with Gasteiger partial charge in [0.15, 0.2) is 0 Å². The molecule has 2 amide bonds. The number of carbonyl (C=O) groups excluding carboxylic acids is 1. The second-order valence-corrected chi connectivity index (χ2v) is 4.15. The average molecular weight is 200 g/mol. The molecule has 0 saturated carbocycles. The summed E-state index contributed by atoms with van der Waals surface area (Å²) in [4.78, 5) is 13.4. The highest BCUT2D eigenvalue weighted by Gasteiger charge is 2.30. The number of rotatable bonds is 2. The number of hydrogen-bond acceptors (Lipinski definition) is 2. The fourth-order valence-electron chi connectivity index (χ4n) is 1.73. The molecule has 1 saturated heterocycles. The highest BCUT2D eigenvalue weighted by molar-refractivity contribution is 5.74. The summed E-state index contributed by atoms with van der Waals surface area (Å²) in [6.45, 7) is 6.68. The van der Waals surface area contributed by atoms with Crippen LogP contribution in [0.4, 0.5) is 4.79 Å². The first kappa shape index (κ1) is 11.3. The van der Waals surface area contributed by atoms with Crippen molar-refractivity contribution in [3.8, 4) is 0 Å². The molecular weight excluding hydrogens is 180 g/mol. The lowest BCUT2D eigenvalue weighted by atomic mass is 10.1. The predicted octanol–water partition coefficient (Wildman–Crippen LogP) is 1.21. The first-order valence-electron chi connectivity index (χ1n) is 5.17. The Hall–Kier alpha value is -0.770. The van der Waals surface area contributed by atoms with Gasteiger partial charge in [-0.3, -0.25) is 0 Å². The van der Waals surface area contributed by atoms with E-state index in [1.54, 1.807) is 4.90 Å². The van der Waals surface area contributed by atoms with Crippen molar-refractivity contribution in [2.24, 2.45) is 0 Å². The Morgan fingerprint density at radius 3 is 2.64 bits per heavy atom. The van der Waals surface area contributed by atoms with Gasteiger partial charge in [-0.15, -0.1) is 0 Å². The molecule has 0 bridgehead atoms. The molecule has 0 aliphatic carbocycles. The number of amides is 2. The molecule has 0 spiro atoms. The van der Waals surface area contributed by atoms with E-state index in [1.807, 2.05) is 27.8 Å². The van der Waals surface area contributed by atoms with Crippen LogP contribution >= 0.6 is 0 Å². The van der Waals surface area contributed by atoms with Crippen molar-refractivity contribution in [3.63, 3.8) is 0 Å². The minimum absolute atomic E-state index is 0.0117. The van der Waals surface area contributed by atoms with E-state index in [0.29, 0.717) is 0 Å². The van der Waals surface area contributed by atoms with Crippen molar-refractivity contribution >= 4 is 6.03 Å². The minimum Gasteiger partial charge on any atom is -0.376 e. The summed E-state index contributed by atoms with van der Waals surface area (Å²) in [6.07, 6.45) is 1.08. The first-order chi connectivity index (χ1) is 6.52. The Bertz CT molecular complexity index is 206. The first-order valence-corrected chi connectivity index (χ1v) is 5.17. The standard InChI is InChI=1S/C10H20N2O2/c1-7(2)11-10(13)12(4)9-5-6-14-8(9)3/h7-9H,5-6H2,1-4H3,(H,11,13). The number of nitrogens with zero attached hydrogens (tertiary/aromatic N) is 1. The highest BCUT2D eigenvalue weighted by Crippen LogP contribution is 2.18. The third kappa shape index (κ3) is 2.61. The smallest absolute Gasteiger partial charge is 0.317 e. The molecule has 4 nitrogen and oxygen atoms in total. The topological polar surface area (TPSA) is 41.6 Å². The van der Waals surface area contributed by atoms with Gasteiger partial charge < -0.3 is 15.0 Å². The normalized spacial score (nSPS) is 26.6. The molecule has 0 aromatic heterocycles. The molecule has 4 heteroatoms. The van der Waals surface area contributed by atoms with Gasteiger partial charge >= 0.3 is 6.03 Å². The van der Waals surface area contributed by atoms with E-state index in [4.69, 9.17) is 4.74 Å². The van der Waals surface area contributed by atoms with Crippen LogP contribution in [0.5, 0.6) is 0 Å². The molecule has 2 unspecified atom stereocenters. The summed E-state index contributed by atoms with van der Waals surface area (Å²) in [6, 6.07) is 0.388. The third-order valence-electron chi connectivity index (χ3n) is 2.57. The van der Waals surface area contributed by atoms with Gasteiger partial charge in [0.05, 0.1) is 12.1 Å². The average Bonchev–Trinajstić information content (AvgIpc) is 2.48. The molecule has 14 heavy (non-hydrogen) atoms. The number of likely N-dealkylation sites (N-methyl/N-ethyl adjacent to an activating group) is 1. The third-order valence-corrected chi connectivity index (χ3v) is 2.57. The quantitative estimate of drug-likeness (QED) is 0.728. The number of nitrogens with one attached hydrogen (secondary N) is 1. The molecule has 1 fully saturated rings. The second kappa shape index (κ2) is 4.64. The Morgan fingerprint density at radius 2 is 2.21 bits per heavy atom. The van der Waals surface area contributed by atoms with Gasteiger partial charge in [-0.25, -0.2) is 4.79 Å². The summed E-state index contributed by atoms with van der Waals surface area (Å²) in [5.74, 6) is 0. The fraction of sp³-hybridized carbons (Fsp3) is 0.900. The molecule has 2 atom stereocenters. The summed E-state index contributed by atoms with van der Waals surface area (Å²) in [5.41, 5.74) is 0. The van der Waals surface area contributed by atoms with E-state index in [1.165, 1.54) is 0 Å². The van der Waals surface area contributed by atoms with Gasteiger partial charge in [-0.2, -0.15) is 0 Å². The van der Waals surface area contributed by atoms with Gasteiger partial charge in [-0.1, -0.05) is 0 Å². The number of urea groups is 1. The molecule has 0 aromatic rings. The summed E-state index contributed by atoms with van der Waals surface area (Å²) in [7, 11) is 1.83. The fourth-order valence-corrected chi connectivity index (χ4v) is 1.73. The zero-order chi connectivity index (χ0) is 10.7. The van der Waals surface area contributed by atoms with E-state index >= 15 is 0 Å². The van der Waals surface area contributed by atoms with Gasteiger partial charge in [0.25, 0.3) is 0 Å². The Labute approximate surface area is 85.6 Å². The summed E-state index contributed by atoms with van der Waals surface area (Å²) >= 11 is 0. The number of carbonyl (C=O) groups is 1. The van der Waals surface area contributed by atoms with Crippen LogP contribution in [-0.4, -0.2) is 42.8 Å². The van der Waals surface area contributed by atoms with E-state index < -0.39 is 0 Å². The molecule has 1 heterocycles. The second-order valence-electron chi connectivity index (χ2n) is 4.15. The van der Waals surface area contributed by atoms with E-state index in [2.05, 4.69) is 5.32 Å². The Balaban J connectivity index is 2.47. The summed E-state index contributed by atoms with van der Waals surface area (Å²) in [5, 5.41) is 2.87. The molecule has 0 aromatic carbocycles. The molecule has 1 N–H and O–H groups in total. The van der Waals surface area contributed by atoms with Crippen LogP contribution < -0.4 is 5.32 Å². The zero-order valence-corrected chi connectivity index (χ0v) is 9.41. The van der Waals surface area contributed by atoms with Gasteiger partial charge in [0.2, 0.25) is 0 Å². The van der Waals surface area contributed by atoms with Crippen LogP contribution in [0.25, 0.3) is 0 Å². The SMILES string of the molecule is CC(C)NC(=O)N(C)C1CCOC1C. The van der Waals surface area contributed by atoms with Crippen molar-refractivity contribution in [2.45, 2.75) is 45.4 Å². The van der Waals surface area contributed by atoms with Crippen LogP contribution in [0.3, 0.4) is 0 Å². The maximum absolute atomic E-state index is 11.6. The van der Waals surface area contributed by atoms with Crippen LogP contribution in [0.1, 0.15) is 27.2 Å². The Kier molecular flexibility index (Phi) is 3.75. The van der Waals surface area contributed by atoms with Crippen molar-refractivity contribution in [1.82, 2.24) is 10.2 Å². The maximum atomic E-state index is 11.6. The van der Waals surface area contributed by atoms with Crippen LogP contribution in [-0.2, 0) is 4.74 Å². The lowest BCUT2D eigenvalue weighted by Crippen LogP contribution is -2.48. The van der Waals surface area contributed by atoms with E-state index in [9.17, 15) is 4.79 Å². The van der Waals surface area contributed by atoms with E-state index in [-0.39, 0.29) is 24.2 Å². The molecule has 1 aliphatic heterocycles. The molecule has 82 valence electrons. The highest BCUT2D eigenvalue weighted by atomic mass is 16.5. The largest absolute Gasteiger partial charge is 0.376 e. The predicted molar refractivity (Wildman–Crippen MR) is 55.2 cm³/mol. The van der Waals surface area contributed by atoms with Gasteiger partial charge in [0.1, 0.15) is 0 Å². The number of hydrogen-bond donors (Lipinski definition) is 1. The van der Waals surface area contributed by atoms with Gasteiger partial charge in [0, 0.05) is 19.7 Å². The van der Waals surface area contributed by atoms with Crippen molar-refractivity contribution < 1.29 is 9.53 Å². The zero-order valence-electron chi connectivity index (χ0n) is 9.41. The van der Waals surface area contributed by atoms with Crippen molar-refractivity contribution in [2.75, 3.05) is 13.7 Å². The lowest BCUT2D eigenvalue weighted by Gasteiger charge is -2.27. The van der Waals surface area contributed by atoms with Gasteiger partial charge in [-0.05, 0) is 27.2 Å². The molecule has 1 aliphatic rings. The summed E-state index contributed by atoms with van der Waals surface area (Å²) < 4.78 is 5.42. The van der Waals surface area contributed by atoms with E-state index in [0.717, 1.165) is 13.0 Å². The monoisotopic (exact) mass is 200 g/mol. The van der Waals surface area contributed by atoms with Crippen LogP contribution in [0.2, 0.25) is 0 Å². The van der Waals surface area contributed by atoms with Crippen molar-refractivity contribution in [1.29, 1.82) is 0 Å². The molecular formula is C10H20N2O2. The van der Waals surface area contributed by atoms with Crippen LogP contribution in [0, 0.1) is 0 Å². The Morgan fingerprint density at radius 1 is 1.57 bits per heavy atom. The lowest BCUT2D eigenvalue weighted by molar-refractivity contribution is 0.0903. The maximum Gasteiger partial charge on any atom is 0.317 e. The molecule has 1 rings (SSSR count). The van der Waals surface area contributed by atoms with Crippen LogP contribution in [0.15, 0.2) is 0 Å². The molecule has 0 radical (unpaired) electrons. The van der Waals surface area contributed by atoms with Crippen molar-refractivity contribution in [3.05, 3.63) is 0 Å². The minimum atomic E-state index is -0.0117.